The molecule has 9 rings (SSSR count). The van der Waals surface area contributed by atoms with Gasteiger partial charge in [0.2, 0.25) is 0 Å². The van der Waals surface area contributed by atoms with Crippen molar-refractivity contribution in [2.75, 3.05) is 0 Å². The topological polar surface area (TPSA) is 0 Å². The summed E-state index contributed by atoms with van der Waals surface area (Å²) in [6.07, 6.45) is 86.5. The zero-order chi connectivity index (χ0) is 89.7. The van der Waals surface area contributed by atoms with Crippen LogP contribution in [-0.2, 0) is 12.8 Å². The van der Waals surface area contributed by atoms with Crippen molar-refractivity contribution in [2.45, 2.75) is 440 Å². The van der Waals surface area contributed by atoms with E-state index in [9.17, 15) is 0 Å². The van der Waals surface area contributed by atoms with Crippen molar-refractivity contribution in [2.24, 2.45) is 23.7 Å². The highest BCUT2D eigenvalue weighted by atomic mass is 79.9. The van der Waals surface area contributed by atoms with E-state index in [1.54, 1.807) is 0 Å². The monoisotopic (exact) mass is 1850 g/mol. The van der Waals surface area contributed by atoms with Crippen LogP contribution in [0.1, 0.15) is 438 Å². The van der Waals surface area contributed by atoms with E-state index in [-0.39, 0.29) is 0 Å². The van der Waals surface area contributed by atoms with Crippen LogP contribution in [0.25, 0.3) is 89.0 Å². The van der Waals surface area contributed by atoms with Crippen molar-refractivity contribution in [3.05, 3.63) is 226 Å². The summed E-state index contributed by atoms with van der Waals surface area (Å²) in [5, 5.41) is 0. The van der Waals surface area contributed by atoms with Gasteiger partial charge < -0.3 is 0 Å². The van der Waals surface area contributed by atoms with Crippen LogP contribution in [0.4, 0.5) is 0 Å². The first-order valence-electron chi connectivity index (χ1n) is 54.5. The molecule has 9 aromatic rings. The van der Waals surface area contributed by atoms with E-state index in [0.717, 1.165) is 45.5 Å². The van der Waals surface area contributed by atoms with Crippen molar-refractivity contribution in [1.29, 1.82) is 0 Å². The number of halogens is 2. The lowest BCUT2D eigenvalue weighted by atomic mass is 9.73. The Morgan fingerprint density at radius 3 is 0.586 bits per heavy atom. The van der Waals surface area contributed by atoms with Crippen LogP contribution in [0.2, 0.25) is 0 Å². The summed E-state index contributed by atoms with van der Waals surface area (Å²) in [6, 6.07) is 80.4. The summed E-state index contributed by atoms with van der Waals surface area (Å²) in [6.45, 7) is 14.1. The summed E-state index contributed by atoms with van der Waals surface area (Å²) in [5.74, 6) is 3.33. The molecule has 698 valence electrons. The van der Waals surface area contributed by atoms with E-state index in [2.05, 4.69) is 280 Å². The summed E-state index contributed by atoms with van der Waals surface area (Å²) >= 11 is 7.93. The molecule has 0 amide bonds. The van der Waals surface area contributed by atoms with Crippen LogP contribution in [0.3, 0.4) is 0 Å². The number of hydrogen-bond donors (Lipinski definition) is 0. The van der Waals surface area contributed by atoms with Gasteiger partial charge in [-0.05, 0) is 199 Å². The first kappa shape index (κ1) is 106. The fourth-order valence-electron chi connectivity index (χ4n) is 21.4. The highest BCUT2D eigenvalue weighted by Gasteiger charge is 2.31. The van der Waals surface area contributed by atoms with Crippen LogP contribution in [0, 0.1) is 23.7 Å². The molecular formula is C126H180Br2. The maximum Gasteiger partial charge on any atom is 0.0175 e. The van der Waals surface area contributed by atoms with Gasteiger partial charge in [-0.15, -0.1) is 0 Å². The molecule has 0 fully saturated rings. The Kier molecular flexibility index (Phi) is 54.7. The van der Waals surface area contributed by atoms with Gasteiger partial charge in [0.05, 0.1) is 0 Å². The minimum absolute atomic E-state index is 0.800. The molecule has 0 bridgehead atoms. The Morgan fingerprint density at radius 1 is 0.164 bits per heavy atom. The maximum absolute atomic E-state index is 3.96. The lowest BCUT2D eigenvalue weighted by Crippen LogP contribution is -2.11. The second-order valence-corrected chi connectivity index (χ2v) is 41.7. The van der Waals surface area contributed by atoms with Crippen molar-refractivity contribution in [3.8, 4) is 89.0 Å². The first-order valence-corrected chi connectivity index (χ1v) is 56.1. The van der Waals surface area contributed by atoms with E-state index in [1.807, 2.05) is 0 Å². The number of rotatable bonds is 74. The number of unbranched alkanes of at least 4 members (excludes halogenated alkanes) is 42. The summed E-state index contributed by atoms with van der Waals surface area (Å²) in [4.78, 5) is 0. The summed E-state index contributed by atoms with van der Waals surface area (Å²) in [5.41, 5.74) is 22.7. The average Bonchev–Trinajstić information content (AvgIpc) is 0.712. The van der Waals surface area contributed by atoms with Crippen LogP contribution < -0.4 is 0 Å². The van der Waals surface area contributed by atoms with Gasteiger partial charge in [0.1, 0.15) is 0 Å². The molecule has 128 heavy (non-hydrogen) atoms. The van der Waals surface area contributed by atoms with Crippen LogP contribution >= 0.6 is 31.9 Å². The van der Waals surface area contributed by atoms with Gasteiger partial charge >= 0.3 is 0 Å². The van der Waals surface area contributed by atoms with E-state index >= 15 is 0 Å². The van der Waals surface area contributed by atoms with Crippen LogP contribution in [0.5, 0.6) is 0 Å². The molecule has 0 nitrogen and oxygen atoms in total. The average molecular weight is 1850 g/mol. The normalized spacial score (nSPS) is 12.6. The van der Waals surface area contributed by atoms with Gasteiger partial charge in [-0.25, -0.2) is 0 Å². The zero-order valence-electron chi connectivity index (χ0n) is 82.5. The van der Waals surface area contributed by atoms with Gasteiger partial charge in [-0.3, -0.25) is 0 Å². The molecule has 0 heterocycles. The van der Waals surface area contributed by atoms with Crippen molar-refractivity contribution >= 4 is 31.9 Å². The van der Waals surface area contributed by atoms with Crippen molar-refractivity contribution < 1.29 is 0 Å². The number of hydrogen-bond acceptors (Lipinski definition) is 0. The summed E-state index contributed by atoms with van der Waals surface area (Å²) < 4.78 is 2.15. The molecule has 0 N–H and O–H groups in total. The van der Waals surface area contributed by atoms with Crippen molar-refractivity contribution in [1.82, 2.24) is 0 Å². The lowest BCUT2D eigenvalue weighted by Gasteiger charge is -2.29. The predicted molar refractivity (Wildman–Crippen MR) is 578 cm³/mol. The molecule has 2 heteroatoms. The van der Waals surface area contributed by atoms with E-state index in [0.29, 0.717) is 0 Å². The minimum atomic E-state index is 0.800. The van der Waals surface area contributed by atoms with Gasteiger partial charge in [-0.1, -0.05) is 603 Å². The molecule has 0 saturated carbocycles. The Balaban J connectivity index is 1.12. The quantitative estimate of drug-likeness (QED) is 0.0333. The molecule has 0 radical (unpaired) electrons. The Morgan fingerprint density at radius 2 is 0.352 bits per heavy atom. The SMILES string of the molecule is CCCCCCCCCCCCC(CCCCCCCCCC)CC(CCCCCCCC)CCCc1ccc(-c2c(-c3ccc(CCCC(CCCCCCCC)CC(CCCCCCCCCC)CCCCCCCCCCCC)cc3)c(-c3cccc(-c4ccccc4)c3)c(-c3ccc(Br)cc3)c(-c3ccc(Br)cc3)c2-c2cccc(-c3ccccc3)c2)cc1. The third-order valence-electron chi connectivity index (χ3n) is 29.1. The van der Waals surface area contributed by atoms with Crippen LogP contribution in [-0.4, -0.2) is 0 Å². The molecule has 0 spiro atoms. The highest BCUT2D eigenvalue weighted by Crippen LogP contribution is 2.57. The standard InChI is InChI=1S/C126H180Br2/c1-7-13-19-25-31-35-37-41-47-55-67-105(65-53-45-39-33-27-21-15-9-3)99-107(69-51-43-29-23-17-11-5)73-61-71-103-83-87-111(88-84-103)121-122(112-89-85-104(86-90-112)72-62-74-108(70-52-44-30-24-18-12-6)100-106(66-54-46-40-34-28-22-16-10-4)68-56-48-42-38-36-32-26-20-14-8-2)126(118-82-64-80-116(102-118)110-77-59-50-60-78-110)124(114-93-97-120(128)98-94-114)123(113-91-95-119(127)96-92-113)125(121)117-81-63-79-115(101-117)109-75-57-49-58-76-109/h49-50,57-60,63-64,75-98,101-102,105-108H,7-48,51-56,61-62,65-74,99-100H2,1-6H3. The second kappa shape index (κ2) is 66.3. The lowest BCUT2D eigenvalue weighted by molar-refractivity contribution is 0.284. The van der Waals surface area contributed by atoms with Gasteiger partial charge in [0, 0.05) is 8.95 Å². The third kappa shape index (κ3) is 40.0. The zero-order valence-corrected chi connectivity index (χ0v) is 85.7. The molecule has 0 saturated heterocycles. The molecule has 4 unspecified atom stereocenters. The minimum Gasteiger partial charge on any atom is -0.0654 e. The third-order valence-corrected chi connectivity index (χ3v) is 30.1. The van der Waals surface area contributed by atoms with Crippen molar-refractivity contribution in [3.63, 3.8) is 0 Å². The molecule has 0 aliphatic heterocycles. The molecule has 9 aromatic carbocycles. The number of benzene rings is 9. The Hall–Kier alpha value is -6.06. The molecule has 0 aliphatic rings. The van der Waals surface area contributed by atoms with Crippen LogP contribution in [0.15, 0.2) is 215 Å². The maximum atomic E-state index is 3.96. The van der Waals surface area contributed by atoms with Gasteiger partial charge in [0.15, 0.2) is 0 Å². The summed E-state index contributed by atoms with van der Waals surface area (Å²) in [7, 11) is 0. The van der Waals surface area contributed by atoms with E-state index in [4.69, 9.17) is 0 Å². The van der Waals surface area contributed by atoms with E-state index in [1.165, 1.54) is 485 Å². The molecule has 4 atom stereocenters. The first-order chi connectivity index (χ1) is 63.2. The van der Waals surface area contributed by atoms with E-state index < -0.39 is 0 Å². The highest BCUT2D eigenvalue weighted by molar-refractivity contribution is 9.10. The molecule has 0 aromatic heterocycles. The Labute approximate surface area is 804 Å². The fourth-order valence-corrected chi connectivity index (χ4v) is 21.9. The smallest absolute Gasteiger partial charge is 0.0175 e. The number of aryl methyl sites for hydroxylation is 2. The molecular weight excluding hydrogens is 1670 g/mol. The second-order valence-electron chi connectivity index (χ2n) is 39.9. The molecule has 0 aliphatic carbocycles. The van der Waals surface area contributed by atoms with Gasteiger partial charge in [-0.2, -0.15) is 0 Å². The van der Waals surface area contributed by atoms with Gasteiger partial charge in [0.25, 0.3) is 0 Å². The predicted octanol–water partition coefficient (Wildman–Crippen LogP) is 43.6. The Bertz CT molecular complexity index is 3960. The fraction of sp³-hybridized carbons (Fsp3) is 0.571. The largest absolute Gasteiger partial charge is 0.0654 e.